The van der Waals surface area contributed by atoms with E-state index < -0.39 is 31.6 Å². The first kappa shape index (κ1) is 48.2. The van der Waals surface area contributed by atoms with Crippen LogP contribution in [0.2, 0.25) is 15.3 Å². The fourth-order valence-corrected chi connectivity index (χ4v) is 13.2. The fraction of sp³-hybridized carbons (Fsp3) is 0.383. The number of anilines is 1. The minimum Gasteiger partial charge on any atom is -0.491 e. The average molecular weight is 919 g/mol. The van der Waals surface area contributed by atoms with Gasteiger partial charge >= 0.3 is 5.97 Å². The lowest BCUT2D eigenvalue weighted by molar-refractivity contribution is -0.137. The molecule has 0 saturated heterocycles. The summed E-state index contributed by atoms with van der Waals surface area (Å²) in [6.45, 7) is 14.7. The molecule has 1 atom stereocenters. The minimum absolute atomic E-state index is 0.0291. The molecule has 0 aliphatic rings. The van der Waals surface area contributed by atoms with E-state index in [0.717, 1.165) is 15.9 Å². The SMILES string of the molecule is COC(=O)c1nc(NCC(Cc2c(Cl)nnc(Cl)c2C)O[Si](c2ccccc2)(c2ccccc2)C(C)(C)C)sc1CCCOc1ccc(C#CCN(C)C(=O)C(C)(C)C)cc1F. The fourth-order valence-electron chi connectivity index (χ4n) is 7.13. The molecule has 5 aromatic rings. The summed E-state index contributed by atoms with van der Waals surface area (Å²) in [6, 6.07) is 25.2. The van der Waals surface area contributed by atoms with Gasteiger partial charge in [-0.25, -0.2) is 14.2 Å². The van der Waals surface area contributed by atoms with Gasteiger partial charge in [-0.05, 0) is 64.5 Å². The van der Waals surface area contributed by atoms with Gasteiger partial charge in [0.05, 0.1) is 26.4 Å². The molecular weight excluding hydrogens is 865 g/mol. The van der Waals surface area contributed by atoms with Crippen molar-refractivity contribution in [2.75, 3.05) is 39.2 Å². The Balaban J connectivity index is 1.35. The molecule has 0 bridgehead atoms. The number of hydrogen-bond acceptors (Lipinski definition) is 10. The van der Waals surface area contributed by atoms with Gasteiger partial charge in [-0.1, -0.05) is 137 Å². The van der Waals surface area contributed by atoms with Crippen molar-refractivity contribution >= 4 is 70.2 Å². The smallest absolute Gasteiger partial charge is 0.357 e. The van der Waals surface area contributed by atoms with Crippen LogP contribution in [0.3, 0.4) is 0 Å². The third kappa shape index (κ3) is 11.8. The molecule has 5 rings (SSSR count). The molecule has 15 heteroatoms. The molecule has 2 aromatic heterocycles. The van der Waals surface area contributed by atoms with Crippen LogP contribution in [-0.2, 0) is 26.8 Å². The number of rotatable bonds is 16. The number of carbonyl (C=O) groups excluding carboxylic acids is 2. The minimum atomic E-state index is -3.06. The Morgan fingerprint density at radius 3 is 2.16 bits per heavy atom. The summed E-state index contributed by atoms with van der Waals surface area (Å²) in [5.74, 6) is 4.79. The Kier molecular flexibility index (Phi) is 16.3. The number of nitrogens with zero attached hydrogens (tertiary/aromatic N) is 4. The second-order valence-electron chi connectivity index (χ2n) is 17.0. The summed E-state index contributed by atoms with van der Waals surface area (Å²) in [4.78, 5) is 32.3. The second kappa shape index (κ2) is 21.0. The van der Waals surface area contributed by atoms with Gasteiger partial charge in [0.2, 0.25) is 5.91 Å². The van der Waals surface area contributed by atoms with Crippen molar-refractivity contribution in [1.29, 1.82) is 0 Å². The molecule has 0 radical (unpaired) electrons. The highest BCUT2D eigenvalue weighted by molar-refractivity contribution is 7.15. The highest BCUT2D eigenvalue weighted by Crippen LogP contribution is 2.39. The number of nitrogens with one attached hydrogen (secondary N) is 1. The van der Waals surface area contributed by atoms with Crippen molar-refractivity contribution in [3.05, 3.63) is 122 Å². The van der Waals surface area contributed by atoms with Crippen LogP contribution in [0.15, 0.2) is 78.9 Å². The zero-order valence-corrected chi connectivity index (χ0v) is 40.0. The number of aryl methyl sites for hydroxylation is 1. The number of ether oxygens (including phenoxy) is 2. The molecule has 0 aliphatic carbocycles. The lowest BCUT2D eigenvalue weighted by Crippen LogP contribution is -2.68. The first-order valence-electron chi connectivity index (χ1n) is 20.3. The van der Waals surface area contributed by atoms with Crippen LogP contribution in [-0.4, -0.2) is 80.2 Å². The van der Waals surface area contributed by atoms with Gasteiger partial charge in [0.25, 0.3) is 8.32 Å². The molecule has 1 unspecified atom stereocenters. The van der Waals surface area contributed by atoms with Crippen molar-refractivity contribution in [2.24, 2.45) is 5.41 Å². The summed E-state index contributed by atoms with van der Waals surface area (Å²) in [5.41, 5.74) is 1.59. The lowest BCUT2D eigenvalue weighted by atomic mass is 9.95. The van der Waals surface area contributed by atoms with Crippen molar-refractivity contribution in [1.82, 2.24) is 20.1 Å². The average Bonchev–Trinajstić information content (AvgIpc) is 3.65. The van der Waals surface area contributed by atoms with E-state index in [-0.39, 0.29) is 45.8 Å². The first-order valence-corrected chi connectivity index (χ1v) is 23.8. The summed E-state index contributed by atoms with van der Waals surface area (Å²) >= 11 is 14.5. The van der Waals surface area contributed by atoms with Gasteiger partial charge < -0.3 is 24.1 Å². The molecule has 1 N–H and O–H groups in total. The van der Waals surface area contributed by atoms with Crippen LogP contribution in [0, 0.1) is 30.0 Å². The van der Waals surface area contributed by atoms with Crippen LogP contribution in [0.25, 0.3) is 0 Å². The van der Waals surface area contributed by atoms with E-state index in [2.05, 4.69) is 77.4 Å². The van der Waals surface area contributed by atoms with Gasteiger partial charge in [0.15, 0.2) is 32.7 Å². The molecule has 0 aliphatic heterocycles. The number of halogens is 3. The van der Waals surface area contributed by atoms with Crippen molar-refractivity contribution in [2.45, 2.75) is 78.9 Å². The van der Waals surface area contributed by atoms with Gasteiger partial charge in [-0.2, -0.15) is 0 Å². The molecule has 0 fully saturated rings. The van der Waals surface area contributed by atoms with Crippen LogP contribution >= 0.6 is 34.5 Å². The monoisotopic (exact) mass is 917 g/mol. The Morgan fingerprint density at radius 2 is 1.58 bits per heavy atom. The van der Waals surface area contributed by atoms with Crippen molar-refractivity contribution in [3.63, 3.8) is 0 Å². The van der Waals surface area contributed by atoms with Crippen LogP contribution in [0.1, 0.15) is 80.0 Å². The van der Waals surface area contributed by atoms with Crippen molar-refractivity contribution < 1.29 is 27.9 Å². The summed E-state index contributed by atoms with van der Waals surface area (Å²) in [5, 5.41) is 14.5. The maximum absolute atomic E-state index is 15.0. The van der Waals surface area contributed by atoms with E-state index in [1.165, 1.54) is 30.6 Å². The van der Waals surface area contributed by atoms with E-state index in [4.69, 9.17) is 37.1 Å². The zero-order chi connectivity index (χ0) is 45.2. The summed E-state index contributed by atoms with van der Waals surface area (Å²) in [7, 11) is -0.0549. The summed E-state index contributed by atoms with van der Waals surface area (Å²) in [6.07, 6.45) is 0.768. The number of hydrogen-bond donors (Lipinski definition) is 1. The number of carbonyl (C=O) groups is 2. The van der Waals surface area contributed by atoms with Gasteiger partial charge in [0.1, 0.15) is 0 Å². The Labute approximate surface area is 379 Å². The van der Waals surface area contributed by atoms with Gasteiger partial charge in [-0.3, -0.25) is 4.79 Å². The molecular formula is C47H54Cl2FN5O5SSi. The quantitative estimate of drug-likeness (QED) is 0.0449. The maximum Gasteiger partial charge on any atom is 0.357 e. The topological polar surface area (TPSA) is 116 Å². The van der Waals surface area contributed by atoms with Crippen LogP contribution in [0.5, 0.6) is 5.75 Å². The normalized spacial score (nSPS) is 12.3. The molecule has 0 spiro atoms. The Hall–Kier alpha value is -4.84. The van der Waals surface area contributed by atoms with E-state index in [9.17, 15) is 9.59 Å². The molecule has 1 amide bonds. The number of esters is 1. The number of amides is 1. The van der Waals surface area contributed by atoms with E-state index in [1.54, 1.807) is 18.0 Å². The highest BCUT2D eigenvalue weighted by atomic mass is 35.5. The third-order valence-electron chi connectivity index (χ3n) is 10.3. The van der Waals surface area contributed by atoms with Gasteiger partial charge in [0, 0.05) is 35.9 Å². The number of aromatic nitrogens is 3. The lowest BCUT2D eigenvalue weighted by Gasteiger charge is -2.45. The van der Waals surface area contributed by atoms with E-state index in [0.29, 0.717) is 46.9 Å². The molecule has 10 nitrogen and oxygen atoms in total. The zero-order valence-electron chi connectivity index (χ0n) is 36.7. The van der Waals surface area contributed by atoms with Crippen LogP contribution in [0.4, 0.5) is 9.52 Å². The maximum atomic E-state index is 15.0. The Morgan fingerprint density at radius 1 is 0.952 bits per heavy atom. The number of benzene rings is 3. The molecule has 2 heterocycles. The molecule has 62 heavy (non-hydrogen) atoms. The molecule has 0 saturated carbocycles. The van der Waals surface area contributed by atoms with E-state index >= 15 is 4.39 Å². The number of thiazole rings is 1. The van der Waals surface area contributed by atoms with E-state index in [1.807, 2.05) is 64.1 Å². The number of methoxy groups -OCH3 is 1. The second-order valence-corrected chi connectivity index (χ2v) is 23.0. The molecule has 3 aromatic carbocycles. The predicted octanol–water partition coefficient (Wildman–Crippen LogP) is 8.94. The van der Waals surface area contributed by atoms with Crippen LogP contribution < -0.4 is 20.4 Å². The standard InChI is InChI=1S/C47H54Cl2FN5O5SSi/c1-31-36(42(49)54-53-41(31)48)29-33(60-62(47(5,6)7,34-19-12-10-13-20-34)35-21-14-11-15-22-35)30-51-45-52-40(43(56)58-9)39(61-45)23-17-27-59-38-25-24-32(28-37(38)50)18-16-26-55(8)44(57)46(2,3)4/h10-15,19-22,24-25,28,33H,17,23,26-27,29-30H2,1-9H3,(H,51,52). The first-order chi connectivity index (χ1) is 29.3. The largest absolute Gasteiger partial charge is 0.491 e. The third-order valence-corrected chi connectivity index (χ3v) is 17.1. The highest BCUT2D eigenvalue weighted by Gasteiger charge is 2.51. The predicted molar refractivity (Wildman–Crippen MR) is 249 cm³/mol. The van der Waals surface area contributed by atoms with Crippen molar-refractivity contribution in [3.8, 4) is 17.6 Å². The Bertz CT molecular complexity index is 2360. The summed E-state index contributed by atoms with van der Waals surface area (Å²) < 4.78 is 33.5. The molecule has 328 valence electrons. The van der Waals surface area contributed by atoms with Gasteiger partial charge in [-0.15, -0.1) is 21.5 Å².